The zero-order chi connectivity index (χ0) is 24.9. The average Bonchev–Trinajstić information content (AvgIpc) is 3.29. The van der Waals surface area contributed by atoms with Crippen molar-refractivity contribution in [2.45, 2.75) is 25.1 Å². The van der Waals surface area contributed by atoms with Crippen molar-refractivity contribution in [1.29, 1.82) is 0 Å². The molecule has 1 heterocycles. The first-order valence-corrected chi connectivity index (χ1v) is 10.6. The fourth-order valence-electron chi connectivity index (χ4n) is 3.34. The van der Waals surface area contributed by atoms with E-state index in [4.69, 9.17) is 10.5 Å². The van der Waals surface area contributed by atoms with Gasteiger partial charge in [0.05, 0.1) is 17.8 Å². The molecule has 3 rings (SSSR count). The number of nitrogens with two attached hydrogens (primary N) is 1. The third-order valence-electron chi connectivity index (χ3n) is 5.27. The lowest BCUT2D eigenvalue weighted by molar-refractivity contribution is -0.137. The van der Waals surface area contributed by atoms with Gasteiger partial charge >= 0.3 is 6.18 Å². The number of nitrogens with zero attached hydrogens (tertiary/aromatic N) is 2. The van der Waals surface area contributed by atoms with Gasteiger partial charge in [0.25, 0.3) is 0 Å². The molecule has 0 radical (unpaired) electrons. The van der Waals surface area contributed by atoms with Crippen LogP contribution in [0.15, 0.2) is 48.8 Å². The Morgan fingerprint density at radius 3 is 2.50 bits per heavy atom. The summed E-state index contributed by atoms with van der Waals surface area (Å²) in [5, 5.41) is 6.47. The number of aromatic nitrogens is 2. The molecule has 0 spiro atoms. The third kappa shape index (κ3) is 6.64. The number of nitrogens with one attached hydrogen (secondary N) is 1. The molecule has 0 fully saturated rings. The topological polar surface area (TPSA) is 84.2 Å². The number of likely N-dealkylation sites (N-methyl/N-ethyl adjacent to an activating group) is 1. The standard InChI is InChI=1S/C24H26F4N4O2/c1-32(2)7-8-34-23-12-19(17-13-30-31-14-17)20(25)10-16(23)11-22(33)21(29)9-15-3-5-18(6-4-15)24(26,27)28/h3-6,10,12-14,21H,7-9,11,29H2,1-2H3,(H,30,31)/t21-/m1/s1. The van der Waals surface area contributed by atoms with E-state index in [9.17, 15) is 22.4 Å². The Morgan fingerprint density at radius 1 is 1.21 bits per heavy atom. The summed E-state index contributed by atoms with van der Waals surface area (Å²) in [6.07, 6.45) is -1.53. The van der Waals surface area contributed by atoms with E-state index >= 15 is 0 Å². The Kier molecular flexibility index (Phi) is 8.06. The van der Waals surface area contributed by atoms with E-state index in [2.05, 4.69) is 10.2 Å². The number of rotatable bonds is 10. The van der Waals surface area contributed by atoms with Crippen LogP contribution in [0, 0.1) is 5.82 Å². The van der Waals surface area contributed by atoms with Crippen molar-refractivity contribution >= 4 is 5.78 Å². The van der Waals surface area contributed by atoms with Gasteiger partial charge in [-0.25, -0.2) is 4.39 Å². The quantitative estimate of drug-likeness (QED) is 0.433. The minimum absolute atomic E-state index is 0.0589. The highest BCUT2D eigenvalue weighted by Gasteiger charge is 2.30. The van der Waals surface area contributed by atoms with E-state index < -0.39 is 23.6 Å². The number of hydrogen-bond acceptors (Lipinski definition) is 5. The Bertz CT molecular complexity index is 1100. The van der Waals surface area contributed by atoms with Gasteiger partial charge in [-0.05, 0) is 50.3 Å². The molecule has 0 aliphatic carbocycles. The number of H-pyrrole nitrogens is 1. The predicted octanol–water partition coefficient (Wildman–Crippen LogP) is 3.86. The molecule has 0 bridgehead atoms. The minimum Gasteiger partial charge on any atom is -0.492 e. The predicted molar refractivity (Wildman–Crippen MR) is 120 cm³/mol. The molecule has 1 atom stereocenters. The first-order chi connectivity index (χ1) is 16.0. The van der Waals surface area contributed by atoms with Crippen LogP contribution in [0.25, 0.3) is 11.1 Å². The fraction of sp³-hybridized carbons (Fsp3) is 0.333. The van der Waals surface area contributed by atoms with E-state index in [-0.39, 0.29) is 24.2 Å². The van der Waals surface area contributed by atoms with Crippen molar-refractivity contribution in [3.8, 4) is 16.9 Å². The summed E-state index contributed by atoms with van der Waals surface area (Å²) < 4.78 is 58.9. The highest BCUT2D eigenvalue weighted by Crippen LogP contribution is 2.31. The molecule has 0 saturated carbocycles. The van der Waals surface area contributed by atoms with Crippen LogP contribution in [-0.4, -0.2) is 54.2 Å². The number of ketones is 1. The zero-order valence-corrected chi connectivity index (χ0v) is 18.8. The van der Waals surface area contributed by atoms with Crippen LogP contribution in [0.5, 0.6) is 5.75 Å². The number of Topliss-reactive ketones (excluding diaryl/α,β-unsaturated/α-hetero) is 1. The van der Waals surface area contributed by atoms with Gasteiger partial charge in [-0.1, -0.05) is 12.1 Å². The maximum Gasteiger partial charge on any atom is 0.416 e. The van der Waals surface area contributed by atoms with Gasteiger partial charge in [-0.3, -0.25) is 9.89 Å². The summed E-state index contributed by atoms with van der Waals surface area (Å²) >= 11 is 0. The van der Waals surface area contributed by atoms with E-state index in [0.717, 1.165) is 12.1 Å². The second-order valence-electron chi connectivity index (χ2n) is 8.23. The SMILES string of the molecule is CN(C)CCOc1cc(-c2cn[nH]c2)c(F)cc1CC(=O)[C@H](N)Cc1ccc(C(F)(F)F)cc1. The monoisotopic (exact) mass is 478 g/mol. The molecular formula is C24H26F4N4O2. The van der Waals surface area contributed by atoms with Gasteiger partial charge < -0.3 is 15.4 Å². The van der Waals surface area contributed by atoms with E-state index in [0.29, 0.717) is 35.6 Å². The van der Waals surface area contributed by atoms with Crippen LogP contribution >= 0.6 is 0 Å². The van der Waals surface area contributed by atoms with Gasteiger partial charge in [0.15, 0.2) is 5.78 Å². The average molecular weight is 478 g/mol. The normalized spacial score (nSPS) is 12.7. The molecule has 3 aromatic rings. The largest absolute Gasteiger partial charge is 0.492 e. The molecular weight excluding hydrogens is 452 g/mol. The highest BCUT2D eigenvalue weighted by atomic mass is 19.4. The van der Waals surface area contributed by atoms with Gasteiger partial charge in [-0.15, -0.1) is 0 Å². The molecule has 0 unspecified atom stereocenters. The van der Waals surface area contributed by atoms with Crippen molar-refractivity contribution in [3.63, 3.8) is 0 Å². The molecule has 10 heteroatoms. The molecule has 2 aromatic carbocycles. The number of ether oxygens (including phenoxy) is 1. The molecule has 0 amide bonds. The Hall–Kier alpha value is -3.24. The van der Waals surface area contributed by atoms with Crippen molar-refractivity contribution in [1.82, 2.24) is 15.1 Å². The number of benzene rings is 2. The molecule has 34 heavy (non-hydrogen) atoms. The summed E-state index contributed by atoms with van der Waals surface area (Å²) in [5.41, 5.74) is 6.91. The summed E-state index contributed by atoms with van der Waals surface area (Å²) in [7, 11) is 3.77. The number of hydrogen-bond donors (Lipinski definition) is 2. The Morgan fingerprint density at radius 2 is 1.91 bits per heavy atom. The minimum atomic E-state index is -4.44. The van der Waals surface area contributed by atoms with Crippen LogP contribution in [0.4, 0.5) is 17.6 Å². The number of carbonyl (C=O) groups excluding carboxylic acids is 1. The number of carbonyl (C=O) groups is 1. The molecule has 0 aliphatic rings. The lowest BCUT2D eigenvalue weighted by atomic mass is 9.96. The van der Waals surface area contributed by atoms with Crippen LogP contribution < -0.4 is 10.5 Å². The van der Waals surface area contributed by atoms with Crippen molar-refractivity contribution in [3.05, 3.63) is 71.3 Å². The summed E-state index contributed by atoms with van der Waals surface area (Å²) in [6.45, 7) is 0.932. The summed E-state index contributed by atoms with van der Waals surface area (Å²) in [4.78, 5) is 14.7. The third-order valence-corrected chi connectivity index (χ3v) is 5.27. The molecule has 182 valence electrons. The van der Waals surface area contributed by atoms with E-state index in [1.807, 2.05) is 19.0 Å². The molecule has 3 N–H and O–H groups in total. The Labute approximate surface area is 194 Å². The summed E-state index contributed by atoms with van der Waals surface area (Å²) in [5.74, 6) is -0.567. The molecule has 0 saturated heterocycles. The van der Waals surface area contributed by atoms with Crippen molar-refractivity contribution in [2.75, 3.05) is 27.2 Å². The lowest BCUT2D eigenvalue weighted by Crippen LogP contribution is -2.34. The second kappa shape index (κ2) is 10.8. The number of alkyl halides is 3. The molecule has 6 nitrogen and oxygen atoms in total. The Balaban J connectivity index is 1.76. The maximum atomic E-state index is 14.8. The van der Waals surface area contributed by atoms with Crippen LogP contribution in [-0.2, 0) is 23.8 Å². The van der Waals surface area contributed by atoms with Crippen molar-refractivity contribution in [2.24, 2.45) is 5.73 Å². The molecule has 0 aliphatic heterocycles. The highest BCUT2D eigenvalue weighted by molar-refractivity contribution is 5.87. The zero-order valence-electron chi connectivity index (χ0n) is 18.8. The van der Waals surface area contributed by atoms with Crippen LogP contribution in [0.2, 0.25) is 0 Å². The smallest absolute Gasteiger partial charge is 0.416 e. The second-order valence-corrected chi connectivity index (χ2v) is 8.23. The number of halogens is 4. The lowest BCUT2D eigenvalue weighted by Gasteiger charge is -2.17. The van der Waals surface area contributed by atoms with Crippen LogP contribution in [0.3, 0.4) is 0 Å². The van der Waals surface area contributed by atoms with Crippen molar-refractivity contribution < 1.29 is 27.1 Å². The van der Waals surface area contributed by atoms with Crippen LogP contribution in [0.1, 0.15) is 16.7 Å². The maximum absolute atomic E-state index is 14.8. The van der Waals surface area contributed by atoms with E-state index in [1.54, 1.807) is 6.20 Å². The number of aromatic amines is 1. The van der Waals surface area contributed by atoms with Gasteiger partial charge in [0, 0.05) is 35.9 Å². The molecule has 1 aromatic heterocycles. The van der Waals surface area contributed by atoms with E-state index in [1.165, 1.54) is 30.5 Å². The van der Waals surface area contributed by atoms with Gasteiger partial charge in [-0.2, -0.15) is 18.3 Å². The van der Waals surface area contributed by atoms with Gasteiger partial charge in [0.1, 0.15) is 18.2 Å². The summed E-state index contributed by atoms with van der Waals surface area (Å²) in [6, 6.07) is 6.30. The van der Waals surface area contributed by atoms with Gasteiger partial charge in [0.2, 0.25) is 0 Å². The fourth-order valence-corrected chi connectivity index (χ4v) is 3.34. The first-order valence-electron chi connectivity index (χ1n) is 10.6. The first kappa shape index (κ1) is 25.4.